The molecule has 0 bridgehead atoms. The van der Waals surface area contributed by atoms with Gasteiger partial charge < -0.3 is 15.1 Å². The number of nitro groups is 1. The number of anilines is 1. The first-order valence-corrected chi connectivity index (χ1v) is 8.25. The van der Waals surface area contributed by atoms with Crippen LogP contribution in [0.1, 0.15) is 16.1 Å². The number of amides is 1. The standard InChI is InChI=1S/C19H17N3O5/c1-12-2-7-17-15(10-12)16(23)11-18(27-17)19(24)21-9-8-20-13-3-5-14(6-4-13)22(25)26/h2-7,10-11,20H,8-9H2,1H3,(H,21,24). The fraction of sp³-hybridized carbons (Fsp3) is 0.158. The van der Waals surface area contributed by atoms with Crippen LogP contribution in [0.5, 0.6) is 0 Å². The largest absolute Gasteiger partial charge is 0.451 e. The second kappa shape index (κ2) is 7.69. The number of aryl methyl sites for hydroxylation is 1. The molecule has 3 rings (SSSR count). The van der Waals surface area contributed by atoms with Crippen molar-refractivity contribution in [1.29, 1.82) is 0 Å². The average molecular weight is 367 g/mol. The number of nitrogens with one attached hydrogen (secondary N) is 2. The van der Waals surface area contributed by atoms with Gasteiger partial charge in [-0.05, 0) is 31.2 Å². The SMILES string of the molecule is Cc1ccc2oc(C(=O)NCCNc3ccc([N+](=O)[O-])cc3)cc(=O)c2c1. The molecular formula is C19H17N3O5. The van der Waals surface area contributed by atoms with Gasteiger partial charge in [0.25, 0.3) is 11.6 Å². The molecule has 2 aromatic carbocycles. The average Bonchev–Trinajstić information content (AvgIpc) is 2.65. The summed E-state index contributed by atoms with van der Waals surface area (Å²) in [5, 5.41) is 16.7. The van der Waals surface area contributed by atoms with Crippen molar-refractivity contribution >= 4 is 28.3 Å². The van der Waals surface area contributed by atoms with E-state index >= 15 is 0 Å². The zero-order valence-electron chi connectivity index (χ0n) is 14.5. The first-order chi connectivity index (χ1) is 12.9. The van der Waals surface area contributed by atoms with Gasteiger partial charge in [-0.3, -0.25) is 19.7 Å². The van der Waals surface area contributed by atoms with Crippen LogP contribution in [0.25, 0.3) is 11.0 Å². The summed E-state index contributed by atoms with van der Waals surface area (Å²) in [5.41, 5.74) is 1.73. The molecule has 0 unspecified atom stereocenters. The summed E-state index contributed by atoms with van der Waals surface area (Å²) in [6.07, 6.45) is 0. The Balaban J connectivity index is 1.58. The number of non-ortho nitro benzene ring substituents is 1. The van der Waals surface area contributed by atoms with E-state index in [2.05, 4.69) is 10.6 Å². The molecule has 0 aliphatic rings. The normalized spacial score (nSPS) is 10.6. The molecule has 0 aliphatic carbocycles. The molecule has 8 nitrogen and oxygen atoms in total. The van der Waals surface area contributed by atoms with Gasteiger partial charge in [0.2, 0.25) is 0 Å². The van der Waals surface area contributed by atoms with Gasteiger partial charge >= 0.3 is 0 Å². The maximum atomic E-state index is 12.2. The minimum Gasteiger partial charge on any atom is -0.451 e. The number of carbonyl (C=O) groups is 1. The third-order valence-electron chi connectivity index (χ3n) is 3.92. The van der Waals surface area contributed by atoms with Crippen molar-refractivity contribution in [2.45, 2.75) is 6.92 Å². The fourth-order valence-corrected chi connectivity index (χ4v) is 2.55. The summed E-state index contributed by atoms with van der Waals surface area (Å²) in [5.74, 6) is -0.535. The summed E-state index contributed by atoms with van der Waals surface area (Å²) >= 11 is 0. The van der Waals surface area contributed by atoms with Crippen LogP contribution in [0.3, 0.4) is 0 Å². The quantitative estimate of drug-likeness (QED) is 0.393. The first kappa shape index (κ1) is 18.1. The van der Waals surface area contributed by atoms with Crippen LogP contribution in [-0.4, -0.2) is 23.9 Å². The lowest BCUT2D eigenvalue weighted by molar-refractivity contribution is -0.384. The number of benzene rings is 2. The van der Waals surface area contributed by atoms with Crippen molar-refractivity contribution in [2.75, 3.05) is 18.4 Å². The molecule has 1 aromatic heterocycles. The number of hydrogen-bond acceptors (Lipinski definition) is 6. The highest BCUT2D eigenvalue weighted by Crippen LogP contribution is 2.15. The number of nitro benzene ring substituents is 1. The topological polar surface area (TPSA) is 114 Å². The van der Waals surface area contributed by atoms with E-state index in [1.807, 2.05) is 6.92 Å². The molecule has 8 heteroatoms. The summed E-state index contributed by atoms with van der Waals surface area (Å²) in [6.45, 7) is 2.56. The van der Waals surface area contributed by atoms with Gasteiger partial charge in [-0.1, -0.05) is 11.6 Å². The zero-order valence-corrected chi connectivity index (χ0v) is 14.5. The lowest BCUT2D eigenvalue weighted by Crippen LogP contribution is -2.29. The van der Waals surface area contributed by atoms with Gasteiger partial charge in [0.1, 0.15) is 5.58 Å². The number of fused-ring (bicyclic) bond motifs is 1. The molecule has 0 fully saturated rings. The maximum absolute atomic E-state index is 12.2. The Labute approximate surface area is 154 Å². The maximum Gasteiger partial charge on any atom is 0.287 e. The molecular weight excluding hydrogens is 350 g/mol. The van der Waals surface area contributed by atoms with Crippen molar-refractivity contribution in [2.24, 2.45) is 0 Å². The molecule has 0 saturated carbocycles. The van der Waals surface area contributed by atoms with Gasteiger partial charge in [-0.2, -0.15) is 0 Å². The van der Waals surface area contributed by atoms with E-state index in [0.29, 0.717) is 23.2 Å². The van der Waals surface area contributed by atoms with E-state index in [4.69, 9.17) is 4.42 Å². The zero-order chi connectivity index (χ0) is 19.4. The monoisotopic (exact) mass is 367 g/mol. The predicted molar refractivity (Wildman–Crippen MR) is 101 cm³/mol. The molecule has 0 radical (unpaired) electrons. The van der Waals surface area contributed by atoms with Crippen molar-refractivity contribution in [3.05, 3.63) is 80.2 Å². The summed E-state index contributed by atoms with van der Waals surface area (Å²) in [4.78, 5) is 34.5. The Bertz CT molecular complexity index is 1060. The van der Waals surface area contributed by atoms with Crippen molar-refractivity contribution in [1.82, 2.24) is 5.32 Å². The summed E-state index contributed by atoms with van der Waals surface area (Å²) in [7, 11) is 0. The summed E-state index contributed by atoms with van der Waals surface area (Å²) in [6, 6.07) is 12.3. The van der Waals surface area contributed by atoms with Crippen LogP contribution in [-0.2, 0) is 0 Å². The second-order valence-electron chi connectivity index (χ2n) is 5.96. The first-order valence-electron chi connectivity index (χ1n) is 8.25. The van der Waals surface area contributed by atoms with Crippen LogP contribution in [0.15, 0.2) is 57.7 Å². The molecule has 0 aliphatic heterocycles. The van der Waals surface area contributed by atoms with Gasteiger partial charge in [0.05, 0.1) is 10.3 Å². The minimum absolute atomic E-state index is 0.00961. The highest BCUT2D eigenvalue weighted by atomic mass is 16.6. The van der Waals surface area contributed by atoms with Crippen LogP contribution in [0, 0.1) is 17.0 Å². The van der Waals surface area contributed by atoms with E-state index in [0.717, 1.165) is 5.56 Å². The Morgan fingerprint density at radius 1 is 1.11 bits per heavy atom. The van der Waals surface area contributed by atoms with Gasteiger partial charge in [0, 0.05) is 37.0 Å². The van der Waals surface area contributed by atoms with E-state index in [1.54, 1.807) is 30.3 Å². The smallest absolute Gasteiger partial charge is 0.287 e. The fourth-order valence-electron chi connectivity index (χ4n) is 2.55. The van der Waals surface area contributed by atoms with Crippen LogP contribution >= 0.6 is 0 Å². The molecule has 3 aromatic rings. The Morgan fingerprint density at radius 3 is 2.56 bits per heavy atom. The van der Waals surface area contributed by atoms with E-state index < -0.39 is 10.8 Å². The van der Waals surface area contributed by atoms with Crippen LogP contribution in [0.4, 0.5) is 11.4 Å². The van der Waals surface area contributed by atoms with E-state index in [9.17, 15) is 19.7 Å². The number of carbonyl (C=O) groups excluding carboxylic acids is 1. The number of rotatable bonds is 6. The van der Waals surface area contributed by atoms with Crippen LogP contribution in [0.2, 0.25) is 0 Å². The van der Waals surface area contributed by atoms with Gasteiger partial charge in [0.15, 0.2) is 11.2 Å². The predicted octanol–water partition coefficient (Wildman–Crippen LogP) is 2.85. The molecule has 0 atom stereocenters. The minimum atomic E-state index is -0.486. The molecule has 138 valence electrons. The number of hydrogen-bond donors (Lipinski definition) is 2. The lowest BCUT2D eigenvalue weighted by atomic mass is 10.1. The van der Waals surface area contributed by atoms with Crippen LogP contribution < -0.4 is 16.1 Å². The Hall–Kier alpha value is -3.68. The van der Waals surface area contributed by atoms with E-state index in [-0.39, 0.29) is 23.4 Å². The Morgan fingerprint density at radius 2 is 1.85 bits per heavy atom. The third-order valence-corrected chi connectivity index (χ3v) is 3.92. The lowest BCUT2D eigenvalue weighted by Gasteiger charge is -2.08. The highest BCUT2D eigenvalue weighted by Gasteiger charge is 2.12. The highest BCUT2D eigenvalue weighted by molar-refractivity contribution is 5.93. The van der Waals surface area contributed by atoms with Gasteiger partial charge in [-0.15, -0.1) is 0 Å². The molecule has 27 heavy (non-hydrogen) atoms. The molecule has 2 N–H and O–H groups in total. The third kappa shape index (κ3) is 4.30. The van der Waals surface area contributed by atoms with Crippen molar-refractivity contribution < 1.29 is 14.1 Å². The van der Waals surface area contributed by atoms with Gasteiger partial charge in [-0.25, -0.2) is 0 Å². The molecule has 1 heterocycles. The summed E-state index contributed by atoms with van der Waals surface area (Å²) < 4.78 is 5.51. The molecule has 0 spiro atoms. The van der Waals surface area contributed by atoms with Crippen molar-refractivity contribution in [3.63, 3.8) is 0 Å². The molecule has 0 saturated heterocycles. The van der Waals surface area contributed by atoms with Crippen molar-refractivity contribution in [3.8, 4) is 0 Å². The van der Waals surface area contributed by atoms with E-state index in [1.165, 1.54) is 18.2 Å². The second-order valence-corrected chi connectivity index (χ2v) is 5.96. The number of nitrogens with zero attached hydrogens (tertiary/aromatic N) is 1. The Kier molecular flexibility index (Phi) is 5.16. The molecule has 1 amide bonds.